The Bertz CT molecular complexity index is 368. The summed E-state index contributed by atoms with van der Waals surface area (Å²) >= 11 is 0. The van der Waals surface area contributed by atoms with E-state index in [2.05, 4.69) is 17.5 Å². The van der Waals surface area contributed by atoms with E-state index in [1.165, 1.54) is 11.1 Å². The molecule has 0 unspecified atom stereocenters. The summed E-state index contributed by atoms with van der Waals surface area (Å²) in [5.74, 6) is 1.01. The van der Waals surface area contributed by atoms with E-state index in [0.29, 0.717) is 6.54 Å². The van der Waals surface area contributed by atoms with Crippen molar-refractivity contribution < 1.29 is 4.74 Å². The van der Waals surface area contributed by atoms with Gasteiger partial charge in [0.2, 0.25) is 0 Å². The molecule has 1 aromatic rings. The van der Waals surface area contributed by atoms with Gasteiger partial charge in [0.1, 0.15) is 5.75 Å². The predicted molar refractivity (Wildman–Crippen MR) is 53.0 cm³/mol. The van der Waals surface area contributed by atoms with E-state index in [1.807, 2.05) is 12.1 Å². The molecule has 0 amide bonds. The Hall–Kier alpha value is -1.53. The van der Waals surface area contributed by atoms with E-state index in [4.69, 9.17) is 10.00 Å². The molecule has 1 aliphatic heterocycles. The van der Waals surface area contributed by atoms with Crippen molar-refractivity contribution in [2.24, 2.45) is 0 Å². The predicted octanol–water partition coefficient (Wildman–Crippen LogP) is 1.23. The first kappa shape index (κ1) is 9.04. The summed E-state index contributed by atoms with van der Waals surface area (Å²) in [6, 6.07) is 8.24. The fraction of sp³-hybridized carbons (Fsp3) is 0.364. The number of rotatable bonds is 3. The third kappa shape index (κ3) is 1.86. The van der Waals surface area contributed by atoms with Crippen LogP contribution >= 0.6 is 0 Å². The van der Waals surface area contributed by atoms with Crippen LogP contribution in [0.4, 0.5) is 0 Å². The van der Waals surface area contributed by atoms with Gasteiger partial charge in [-0.15, -0.1) is 0 Å². The number of nitriles is 1. The first-order chi connectivity index (χ1) is 6.90. The molecule has 0 aromatic heterocycles. The zero-order chi connectivity index (χ0) is 9.80. The molecule has 0 bridgehead atoms. The van der Waals surface area contributed by atoms with E-state index in [9.17, 15) is 0 Å². The molecule has 72 valence electrons. The molecule has 3 heteroatoms. The molecule has 14 heavy (non-hydrogen) atoms. The summed E-state index contributed by atoms with van der Waals surface area (Å²) in [4.78, 5) is 0. The van der Waals surface area contributed by atoms with Gasteiger partial charge in [-0.25, -0.2) is 0 Å². The Kier molecular flexibility index (Phi) is 2.66. The molecule has 0 saturated carbocycles. The summed E-state index contributed by atoms with van der Waals surface area (Å²) in [6.45, 7) is 1.94. The molecule has 1 aliphatic rings. The van der Waals surface area contributed by atoms with E-state index < -0.39 is 0 Å². The third-order valence-corrected chi connectivity index (χ3v) is 2.29. The normalized spacial score (nSPS) is 13.1. The number of fused-ring (bicyclic) bond motifs is 1. The number of nitrogens with zero attached hydrogens (tertiary/aromatic N) is 1. The van der Waals surface area contributed by atoms with E-state index in [0.717, 1.165) is 25.3 Å². The van der Waals surface area contributed by atoms with Gasteiger partial charge in [-0.05, 0) is 17.2 Å². The van der Waals surface area contributed by atoms with Crippen LogP contribution in [0.5, 0.6) is 5.75 Å². The maximum Gasteiger partial charge on any atom is 0.122 e. The first-order valence-corrected chi connectivity index (χ1v) is 4.72. The molecule has 1 aromatic carbocycles. The number of ether oxygens (including phenoxy) is 1. The second-order valence-corrected chi connectivity index (χ2v) is 3.30. The number of hydrogen-bond acceptors (Lipinski definition) is 3. The van der Waals surface area contributed by atoms with Crippen LogP contribution in [0.25, 0.3) is 0 Å². The smallest absolute Gasteiger partial charge is 0.122 e. The van der Waals surface area contributed by atoms with Gasteiger partial charge in [-0.3, -0.25) is 0 Å². The van der Waals surface area contributed by atoms with Gasteiger partial charge in [0.05, 0.1) is 19.2 Å². The van der Waals surface area contributed by atoms with Crippen molar-refractivity contribution >= 4 is 0 Å². The highest BCUT2D eigenvalue weighted by Crippen LogP contribution is 2.25. The average Bonchev–Trinajstić information content (AvgIpc) is 2.65. The molecular weight excluding hydrogens is 176 g/mol. The lowest BCUT2D eigenvalue weighted by atomic mass is 10.1. The minimum atomic E-state index is 0.396. The lowest BCUT2D eigenvalue weighted by Gasteiger charge is -2.03. The van der Waals surface area contributed by atoms with Crippen molar-refractivity contribution in [1.82, 2.24) is 5.32 Å². The van der Waals surface area contributed by atoms with Crippen molar-refractivity contribution in [3.63, 3.8) is 0 Å². The highest BCUT2D eigenvalue weighted by molar-refractivity contribution is 5.39. The maximum atomic E-state index is 8.37. The lowest BCUT2D eigenvalue weighted by Crippen LogP contribution is -2.12. The largest absolute Gasteiger partial charge is 0.493 e. The fourth-order valence-corrected chi connectivity index (χ4v) is 1.61. The Morgan fingerprint density at radius 2 is 2.43 bits per heavy atom. The Morgan fingerprint density at radius 1 is 1.50 bits per heavy atom. The minimum Gasteiger partial charge on any atom is -0.493 e. The van der Waals surface area contributed by atoms with Gasteiger partial charge in [-0.2, -0.15) is 5.26 Å². The quantitative estimate of drug-likeness (QED) is 0.573. The van der Waals surface area contributed by atoms with Gasteiger partial charge < -0.3 is 10.1 Å². The van der Waals surface area contributed by atoms with Crippen molar-refractivity contribution in [2.45, 2.75) is 13.0 Å². The van der Waals surface area contributed by atoms with Crippen LogP contribution in [0, 0.1) is 11.3 Å². The van der Waals surface area contributed by atoms with Gasteiger partial charge in [0, 0.05) is 13.0 Å². The van der Waals surface area contributed by atoms with E-state index in [1.54, 1.807) is 0 Å². The van der Waals surface area contributed by atoms with Crippen LogP contribution in [-0.2, 0) is 13.0 Å². The van der Waals surface area contributed by atoms with E-state index >= 15 is 0 Å². The minimum absolute atomic E-state index is 0.396. The molecular formula is C11H12N2O. The maximum absolute atomic E-state index is 8.37. The Balaban J connectivity index is 2.02. The zero-order valence-electron chi connectivity index (χ0n) is 7.92. The van der Waals surface area contributed by atoms with Crippen molar-refractivity contribution in [2.75, 3.05) is 13.2 Å². The molecule has 1 heterocycles. The zero-order valence-corrected chi connectivity index (χ0v) is 7.92. The van der Waals surface area contributed by atoms with Gasteiger partial charge in [0.25, 0.3) is 0 Å². The van der Waals surface area contributed by atoms with E-state index in [-0.39, 0.29) is 0 Å². The molecule has 0 fully saturated rings. The second kappa shape index (κ2) is 4.12. The third-order valence-electron chi connectivity index (χ3n) is 2.29. The first-order valence-electron chi connectivity index (χ1n) is 4.72. The van der Waals surface area contributed by atoms with Crippen LogP contribution in [0.2, 0.25) is 0 Å². The molecule has 0 atom stereocenters. The lowest BCUT2D eigenvalue weighted by molar-refractivity contribution is 0.357. The summed E-state index contributed by atoms with van der Waals surface area (Å²) < 4.78 is 5.41. The van der Waals surface area contributed by atoms with Crippen molar-refractivity contribution in [1.29, 1.82) is 5.26 Å². The Morgan fingerprint density at radius 3 is 3.29 bits per heavy atom. The highest BCUT2D eigenvalue weighted by atomic mass is 16.5. The van der Waals surface area contributed by atoms with Crippen molar-refractivity contribution in [3.8, 4) is 11.8 Å². The fourth-order valence-electron chi connectivity index (χ4n) is 1.61. The van der Waals surface area contributed by atoms with Crippen LogP contribution in [0.1, 0.15) is 11.1 Å². The summed E-state index contributed by atoms with van der Waals surface area (Å²) in [5.41, 5.74) is 2.49. The highest BCUT2D eigenvalue weighted by Gasteiger charge is 2.11. The van der Waals surface area contributed by atoms with Crippen LogP contribution in [0.15, 0.2) is 18.2 Å². The monoisotopic (exact) mass is 188 g/mol. The molecule has 2 rings (SSSR count). The number of hydrogen-bond donors (Lipinski definition) is 1. The van der Waals surface area contributed by atoms with Crippen LogP contribution in [-0.4, -0.2) is 13.2 Å². The molecule has 3 nitrogen and oxygen atoms in total. The molecule has 0 radical (unpaired) electrons. The molecule has 1 N–H and O–H groups in total. The average molecular weight is 188 g/mol. The Labute approximate surface area is 83.3 Å². The molecule has 0 spiro atoms. The topological polar surface area (TPSA) is 45.0 Å². The number of benzene rings is 1. The van der Waals surface area contributed by atoms with Crippen molar-refractivity contribution in [3.05, 3.63) is 29.3 Å². The standard InChI is InChI=1S/C11H12N2O/c12-4-5-13-8-9-1-2-11-10(7-9)3-6-14-11/h1-2,7,13H,3,5-6,8H2. The second-order valence-electron chi connectivity index (χ2n) is 3.30. The van der Waals surface area contributed by atoms with Crippen LogP contribution in [0.3, 0.4) is 0 Å². The van der Waals surface area contributed by atoms with Gasteiger partial charge >= 0.3 is 0 Å². The summed E-state index contributed by atoms with van der Waals surface area (Å²) in [5, 5.41) is 11.4. The molecule has 0 saturated heterocycles. The number of nitrogens with one attached hydrogen (secondary N) is 1. The van der Waals surface area contributed by atoms with Gasteiger partial charge in [0.15, 0.2) is 0 Å². The summed E-state index contributed by atoms with van der Waals surface area (Å²) in [6.07, 6.45) is 1.00. The molecule has 0 aliphatic carbocycles. The van der Waals surface area contributed by atoms with Gasteiger partial charge in [-0.1, -0.05) is 12.1 Å². The summed E-state index contributed by atoms with van der Waals surface area (Å²) in [7, 11) is 0. The van der Waals surface area contributed by atoms with Crippen LogP contribution < -0.4 is 10.1 Å². The SMILES string of the molecule is N#CCNCc1ccc2c(c1)CCO2.